The molecule has 1 aliphatic carbocycles. The highest BCUT2D eigenvalue weighted by Gasteiger charge is 2.25. The molecule has 0 aliphatic heterocycles. The van der Waals surface area contributed by atoms with Gasteiger partial charge in [0.1, 0.15) is 5.82 Å². The van der Waals surface area contributed by atoms with E-state index in [4.69, 9.17) is 5.73 Å². The van der Waals surface area contributed by atoms with Crippen molar-refractivity contribution in [1.29, 1.82) is 0 Å². The van der Waals surface area contributed by atoms with E-state index in [1.54, 1.807) is 6.07 Å². The average molecular weight is 265 g/mol. The van der Waals surface area contributed by atoms with E-state index >= 15 is 0 Å². The van der Waals surface area contributed by atoms with Crippen molar-refractivity contribution in [3.8, 4) is 0 Å². The summed E-state index contributed by atoms with van der Waals surface area (Å²) in [7, 11) is 0. The van der Waals surface area contributed by atoms with Gasteiger partial charge in [0.15, 0.2) is 0 Å². The highest BCUT2D eigenvalue weighted by molar-refractivity contribution is 5.09. The predicted molar refractivity (Wildman–Crippen MR) is 75.2 cm³/mol. The molecule has 4 heteroatoms. The van der Waals surface area contributed by atoms with Crippen LogP contribution in [0.3, 0.4) is 0 Å². The molecule has 1 saturated carbocycles. The fraction of sp³-hybridized carbons (Fsp3) is 0.667. The van der Waals surface area contributed by atoms with E-state index in [9.17, 15) is 4.39 Å². The van der Waals surface area contributed by atoms with Crippen LogP contribution in [0.15, 0.2) is 18.3 Å². The summed E-state index contributed by atoms with van der Waals surface area (Å²) in [6, 6.07) is 3.54. The van der Waals surface area contributed by atoms with Crippen molar-refractivity contribution in [3.63, 3.8) is 0 Å². The lowest BCUT2D eigenvalue weighted by Gasteiger charge is -2.27. The maximum absolute atomic E-state index is 12.8. The SMILES string of the molecule is CC(C)N(CCC(N)c1ccc(F)cn1)CC1CC1. The Balaban J connectivity index is 1.83. The molecule has 19 heavy (non-hydrogen) atoms. The molecule has 1 atom stereocenters. The first-order valence-electron chi connectivity index (χ1n) is 7.17. The van der Waals surface area contributed by atoms with Crippen molar-refractivity contribution in [2.24, 2.45) is 11.7 Å². The number of nitrogens with two attached hydrogens (primary N) is 1. The smallest absolute Gasteiger partial charge is 0.141 e. The molecule has 0 radical (unpaired) electrons. The summed E-state index contributed by atoms with van der Waals surface area (Å²) in [5.41, 5.74) is 6.90. The summed E-state index contributed by atoms with van der Waals surface area (Å²) < 4.78 is 12.8. The number of hydrogen-bond acceptors (Lipinski definition) is 3. The first-order chi connectivity index (χ1) is 9.06. The normalized spacial score (nSPS) is 17.2. The minimum atomic E-state index is -0.312. The van der Waals surface area contributed by atoms with Crippen LogP contribution in [-0.2, 0) is 0 Å². The van der Waals surface area contributed by atoms with Gasteiger partial charge in [0, 0.05) is 25.2 Å². The van der Waals surface area contributed by atoms with Crippen LogP contribution in [0.1, 0.15) is 44.8 Å². The minimum Gasteiger partial charge on any atom is -0.323 e. The van der Waals surface area contributed by atoms with E-state index in [2.05, 4.69) is 23.7 Å². The molecule has 3 nitrogen and oxygen atoms in total. The Morgan fingerprint density at radius 2 is 2.16 bits per heavy atom. The number of halogens is 1. The molecule has 1 heterocycles. The third-order valence-electron chi connectivity index (χ3n) is 3.78. The van der Waals surface area contributed by atoms with Crippen molar-refractivity contribution in [1.82, 2.24) is 9.88 Å². The molecule has 106 valence electrons. The molecule has 2 N–H and O–H groups in total. The van der Waals surface area contributed by atoms with Gasteiger partial charge in [-0.2, -0.15) is 0 Å². The molecule has 1 aromatic heterocycles. The van der Waals surface area contributed by atoms with E-state index in [-0.39, 0.29) is 11.9 Å². The predicted octanol–water partition coefficient (Wildman–Crippen LogP) is 2.73. The van der Waals surface area contributed by atoms with Crippen LogP contribution in [0.25, 0.3) is 0 Å². The van der Waals surface area contributed by atoms with Crippen LogP contribution in [0.5, 0.6) is 0 Å². The van der Waals surface area contributed by atoms with Crippen molar-refractivity contribution in [2.45, 2.75) is 45.2 Å². The fourth-order valence-electron chi connectivity index (χ4n) is 2.25. The molecule has 0 amide bonds. The summed E-state index contributed by atoms with van der Waals surface area (Å²) in [5.74, 6) is 0.580. The van der Waals surface area contributed by atoms with Gasteiger partial charge in [-0.3, -0.25) is 4.98 Å². The van der Waals surface area contributed by atoms with Gasteiger partial charge in [-0.1, -0.05) is 0 Å². The van der Waals surface area contributed by atoms with Gasteiger partial charge in [0.2, 0.25) is 0 Å². The van der Waals surface area contributed by atoms with E-state index in [1.807, 2.05) is 0 Å². The number of nitrogens with zero attached hydrogens (tertiary/aromatic N) is 2. The Labute approximate surface area is 115 Å². The summed E-state index contributed by atoms with van der Waals surface area (Å²) in [4.78, 5) is 6.54. The molecule has 0 aromatic carbocycles. The van der Waals surface area contributed by atoms with E-state index < -0.39 is 0 Å². The topological polar surface area (TPSA) is 42.1 Å². The van der Waals surface area contributed by atoms with Crippen LogP contribution in [-0.4, -0.2) is 29.0 Å². The van der Waals surface area contributed by atoms with Crippen LogP contribution >= 0.6 is 0 Å². The summed E-state index contributed by atoms with van der Waals surface area (Å²) in [6.07, 6.45) is 4.84. The van der Waals surface area contributed by atoms with Crippen molar-refractivity contribution >= 4 is 0 Å². The lowest BCUT2D eigenvalue weighted by Crippen LogP contribution is -2.35. The van der Waals surface area contributed by atoms with Gasteiger partial charge in [-0.05, 0) is 51.2 Å². The van der Waals surface area contributed by atoms with Gasteiger partial charge in [0.25, 0.3) is 0 Å². The summed E-state index contributed by atoms with van der Waals surface area (Å²) in [5, 5.41) is 0. The maximum Gasteiger partial charge on any atom is 0.141 e. The van der Waals surface area contributed by atoms with Gasteiger partial charge < -0.3 is 10.6 Å². The molecule has 0 bridgehead atoms. The molecule has 1 fully saturated rings. The summed E-state index contributed by atoms with van der Waals surface area (Å²) in [6.45, 7) is 6.61. The zero-order valence-corrected chi connectivity index (χ0v) is 11.8. The monoisotopic (exact) mass is 265 g/mol. The lowest BCUT2D eigenvalue weighted by atomic mass is 10.1. The van der Waals surface area contributed by atoms with E-state index in [0.717, 1.165) is 24.6 Å². The molecule has 1 aliphatic rings. The zero-order chi connectivity index (χ0) is 13.8. The Morgan fingerprint density at radius 1 is 1.42 bits per heavy atom. The molecule has 1 aromatic rings. The van der Waals surface area contributed by atoms with Gasteiger partial charge in [-0.25, -0.2) is 4.39 Å². The Hall–Kier alpha value is -1.00. The summed E-state index contributed by atoms with van der Waals surface area (Å²) >= 11 is 0. The number of rotatable bonds is 7. The average Bonchev–Trinajstić information content (AvgIpc) is 3.18. The molecule has 2 rings (SSSR count). The second kappa shape index (κ2) is 6.44. The van der Waals surface area contributed by atoms with Crippen molar-refractivity contribution in [3.05, 3.63) is 29.8 Å². The molecular formula is C15H24FN3. The van der Waals surface area contributed by atoms with Crippen LogP contribution < -0.4 is 5.73 Å². The first kappa shape index (κ1) is 14.4. The number of hydrogen-bond donors (Lipinski definition) is 1. The third-order valence-corrected chi connectivity index (χ3v) is 3.78. The molecule has 1 unspecified atom stereocenters. The zero-order valence-electron chi connectivity index (χ0n) is 11.8. The second-order valence-corrected chi connectivity index (χ2v) is 5.83. The maximum atomic E-state index is 12.8. The molecule has 0 saturated heterocycles. The standard InChI is InChI=1S/C15H24FN3/c1-11(2)19(10-12-3-4-12)8-7-14(17)15-6-5-13(16)9-18-15/h5-6,9,11-12,14H,3-4,7-8,10,17H2,1-2H3. The highest BCUT2D eigenvalue weighted by atomic mass is 19.1. The van der Waals surface area contributed by atoms with Gasteiger partial charge >= 0.3 is 0 Å². The van der Waals surface area contributed by atoms with Crippen molar-refractivity contribution in [2.75, 3.05) is 13.1 Å². The van der Waals surface area contributed by atoms with Crippen LogP contribution in [0, 0.1) is 11.7 Å². The molecule has 0 spiro atoms. The van der Waals surface area contributed by atoms with Crippen molar-refractivity contribution < 1.29 is 4.39 Å². The Morgan fingerprint density at radius 3 is 2.68 bits per heavy atom. The van der Waals surface area contributed by atoms with Crippen LogP contribution in [0.4, 0.5) is 4.39 Å². The van der Waals surface area contributed by atoms with Crippen LogP contribution in [0.2, 0.25) is 0 Å². The largest absolute Gasteiger partial charge is 0.323 e. The van der Waals surface area contributed by atoms with E-state index in [0.29, 0.717) is 6.04 Å². The van der Waals surface area contributed by atoms with Gasteiger partial charge in [-0.15, -0.1) is 0 Å². The Kier molecular flexibility index (Phi) is 4.88. The molecular weight excluding hydrogens is 241 g/mol. The number of aromatic nitrogens is 1. The van der Waals surface area contributed by atoms with E-state index in [1.165, 1.54) is 31.6 Å². The quantitative estimate of drug-likeness (QED) is 0.824. The Bertz CT molecular complexity index is 387. The first-order valence-corrected chi connectivity index (χ1v) is 7.17. The highest BCUT2D eigenvalue weighted by Crippen LogP contribution is 2.30. The number of pyridine rings is 1. The fourth-order valence-corrected chi connectivity index (χ4v) is 2.25. The van der Waals surface area contributed by atoms with Gasteiger partial charge in [0.05, 0.1) is 11.9 Å². The third kappa shape index (κ3) is 4.55. The second-order valence-electron chi connectivity index (χ2n) is 5.83. The lowest BCUT2D eigenvalue weighted by molar-refractivity contribution is 0.205. The minimum absolute atomic E-state index is 0.110.